The third kappa shape index (κ3) is 3.39. The minimum absolute atomic E-state index is 0.0214. The summed E-state index contributed by atoms with van der Waals surface area (Å²) in [6.07, 6.45) is 1.05. The monoisotopic (exact) mass is 321 g/mol. The molecule has 0 saturated heterocycles. The van der Waals surface area contributed by atoms with Gasteiger partial charge in [-0.15, -0.1) is 0 Å². The van der Waals surface area contributed by atoms with Crippen LogP contribution in [0.1, 0.15) is 36.8 Å². The fraction of sp³-hybridized carbons (Fsp3) is 0.300. The van der Waals surface area contributed by atoms with Crippen molar-refractivity contribution in [1.82, 2.24) is 14.9 Å². The molecule has 0 unspecified atom stereocenters. The van der Waals surface area contributed by atoms with Crippen LogP contribution in [0.4, 0.5) is 0 Å². The zero-order chi connectivity index (χ0) is 17.1. The van der Waals surface area contributed by atoms with E-state index in [9.17, 15) is 4.79 Å². The van der Waals surface area contributed by atoms with Crippen molar-refractivity contribution >= 4 is 10.9 Å². The van der Waals surface area contributed by atoms with Gasteiger partial charge in [0, 0.05) is 6.54 Å². The van der Waals surface area contributed by atoms with Gasteiger partial charge in [-0.3, -0.25) is 9.69 Å². The molecule has 124 valence electrons. The van der Waals surface area contributed by atoms with E-state index in [2.05, 4.69) is 53.0 Å². The number of hydrogen-bond acceptors (Lipinski definition) is 3. The van der Waals surface area contributed by atoms with Crippen LogP contribution in [-0.4, -0.2) is 21.9 Å². The number of aryl methyl sites for hydroxylation is 1. The number of nitrogens with one attached hydrogen (secondary N) is 1. The predicted octanol–water partition coefficient (Wildman–Crippen LogP) is 3.68. The first kappa shape index (κ1) is 16.4. The number of aromatic amines is 1. The van der Waals surface area contributed by atoms with Crippen molar-refractivity contribution in [3.05, 3.63) is 75.8 Å². The topological polar surface area (TPSA) is 49.0 Å². The Morgan fingerprint density at radius 3 is 2.46 bits per heavy atom. The van der Waals surface area contributed by atoms with Crippen molar-refractivity contribution in [3.8, 4) is 0 Å². The molecule has 1 atom stereocenters. The summed E-state index contributed by atoms with van der Waals surface area (Å²) in [5.74, 6) is 0.700. The number of benzene rings is 2. The van der Waals surface area contributed by atoms with Crippen LogP contribution >= 0.6 is 0 Å². The lowest BCUT2D eigenvalue weighted by Crippen LogP contribution is -2.26. The summed E-state index contributed by atoms with van der Waals surface area (Å²) in [7, 11) is 2.05. The van der Waals surface area contributed by atoms with Crippen LogP contribution in [0.25, 0.3) is 10.9 Å². The SMILES string of the molecule is CCc1ccc(CN(C)[C@H](C)c2nc3ccccc3c(=O)[nH]2)cc1. The summed E-state index contributed by atoms with van der Waals surface area (Å²) in [6.45, 7) is 5.03. The molecule has 0 spiro atoms. The van der Waals surface area contributed by atoms with E-state index in [-0.39, 0.29) is 11.6 Å². The van der Waals surface area contributed by atoms with Crippen LogP contribution < -0.4 is 5.56 Å². The summed E-state index contributed by atoms with van der Waals surface area (Å²) in [4.78, 5) is 22.0. The van der Waals surface area contributed by atoms with Crippen LogP contribution in [0, 0.1) is 0 Å². The molecule has 0 bridgehead atoms. The molecule has 3 rings (SSSR count). The standard InChI is InChI=1S/C20H23N3O/c1-4-15-9-11-16(12-10-15)13-23(3)14(2)19-21-18-8-6-5-7-17(18)20(24)22-19/h5-12,14H,4,13H2,1-3H3,(H,21,22,24)/t14-/m1/s1. The van der Waals surface area contributed by atoms with Crippen molar-refractivity contribution < 1.29 is 0 Å². The van der Waals surface area contributed by atoms with Crippen LogP contribution in [0.2, 0.25) is 0 Å². The Bertz CT molecular complexity index is 883. The molecular weight excluding hydrogens is 298 g/mol. The number of H-pyrrole nitrogens is 1. The molecule has 0 saturated carbocycles. The summed E-state index contributed by atoms with van der Waals surface area (Å²) in [6, 6.07) is 16.1. The van der Waals surface area contributed by atoms with Crippen molar-refractivity contribution in [1.29, 1.82) is 0 Å². The average Bonchev–Trinajstić information content (AvgIpc) is 2.61. The number of aromatic nitrogens is 2. The molecule has 1 heterocycles. The van der Waals surface area contributed by atoms with Crippen molar-refractivity contribution in [2.24, 2.45) is 0 Å². The minimum atomic E-state index is -0.0804. The first-order chi connectivity index (χ1) is 11.6. The van der Waals surface area contributed by atoms with Gasteiger partial charge < -0.3 is 4.98 Å². The Balaban J connectivity index is 1.82. The molecule has 0 fully saturated rings. The van der Waals surface area contributed by atoms with Gasteiger partial charge in [0.2, 0.25) is 0 Å². The summed E-state index contributed by atoms with van der Waals surface area (Å²) < 4.78 is 0. The lowest BCUT2D eigenvalue weighted by Gasteiger charge is -2.24. The molecule has 4 nitrogen and oxygen atoms in total. The first-order valence-corrected chi connectivity index (χ1v) is 8.35. The second-order valence-corrected chi connectivity index (χ2v) is 6.23. The number of rotatable bonds is 5. The molecule has 0 aliphatic rings. The zero-order valence-corrected chi connectivity index (χ0v) is 14.4. The summed E-state index contributed by atoms with van der Waals surface area (Å²) >= 11 is 0. The number of para-hydroxylation sites is 1. The third-order valence-electron chi connectivity index (χ3n) is 4.55. The molecule has 0 radical (unpaired) electrons. The van der Waals surface area contributed by atoms with E-state index in [1.807, 2.05) is 25.2 Å². The van der Waals surface area contributed by atoms with E-state index in [1.54, 1.807) is 6.07 Å². The maximum Gasteiger partial charge on any atom is 0.258 e. The smallest absolute Gasteiger partial charge is 0.258 e. The van der Waals surface area contributed by atoms with E-state index < -0.39 is 0 Å². The first-order valence-electron chi connectivity index (χ1n) is 8.35. The van der Waals surface area contributed by atoms with Crippen LogP contribution in [0.15, 0.2) is 53.3 Å². The molecule has 3 aromatic rings. The fourth-order valence-electron chi connectivity index (χ4n) is 2.82. The van der Waals surface area contributed by atoms with Gasteiger partial charge in [0.05, 0.1) is 16.9 Å². The van der Waals surface area contributed by atoms with Crippen molar-refractivity contribution in [2.45, 2.75) is 32.9 Å². The molecule has 1 aromatic heterocycles. The van der Waals surface area contributed by atoms with Gasteiger partial charge in [-0.1, -0.05) is 43.3 Å². The number of nitrogens with zero attached hydrogens (tertiary/aromatic N) is 2. The minimum Gasteiger partial charge on any atom is -0.309 e. The van der Waals surface area contributed by atoms with E-state index in [0.29, 0.717) is 11.2 Å². The van der Waals surface area contributed by atoms with Gasteiger partial charge in [-0.25, -0.2) is 4.98 Å². The summed E-state index contributed by atoms with van der Waals surface area (Å²) in [5, 5.41) is 0.631. The largest absolute Gasteiger partial charge is 0.309 e. The molecule has 2 aromatic carbocycles. The van der Waals surface area contributed by atoms with E-state index >= 15 is 0 Å². The van der Waals surface area contributed by atoms with Gasteiger partial charge in [0.1, 0.15) is 5.82 Å². The predicted molar refractivity (Wildman–Crippen MR) is 98.1 cm³/mol. The van der Waals surface area contributed by atoms with E-state index in [0.717, 1.165) is 18.5 Å². The van der Waals surface area contributed by atoms with Gasteiger partial charge in [-0.05, 0) is 43.7 Å². The molecule has 4 heteroatoms. The van der Waals surface area contributed by atoms with Gasteiger partial charge in [0.15, 0.2) is 0 Å². The highest BCUT2D eigenvalue weighted by atomic mass is 16.1. The molecule has 0 amide bonds. The van der Waals surface area contributed by atoms with Crippen LogP contribution in [0.5, 0.6) is 0 Å². The highest BCUT2D eigenvalue weighted by molar-refractivity contribution is 5.77. The second-order valence-electron chi connectivity index (χ2n) is 6.23. The number of hydrogen-bond donors (Lipinski definition) is 1. The second kappa shape index (κ2) is 6.97. The zero-order valence-electron chi connectivity index (χ0n) is 14.4. The normalized spacial score (nSPS) is 12.7. The quantitative estimate of drug-likeness (QED) is 0.780. The van der Waals surface area contributed by atoms with Gasteiger partial charge in [-0.2, -0.15) is 0 Å². The molecule has 24 heavy (non-hydrogen) atoms. The van der Waals surface area contributed by atoms with Gasteiger partial charge >= 0.3 is 0 Å². The Kier molecular flexibility index (Phi) is 4.76. The highest BCUT2D eigenvalue weighted by Crippen LogP contribution is 2.18. The van der Waals surface area contributed by atoms with Crippen LogP contribution in [-0.2, 0) is 13.0 Å². The summed E-state index contributed by atoms with van der Waals surface area (Å²) in [5.41, 5.74) is 3.26. The Labute approximate surface area is 142 Å². The maximum absolute atomic E-state index is 12.2. The lowest BCUT2D eigenvalue weighted by molar-refractivity contribution is 0.244. The third-order valence-corrected chi connectivity index (χ3v) is 4.55. The van der Waals surface area contributed by atoms with Crippen molar-refractivity contribution in [3.63, 3.8) is 0 Å². The van der Waals surface area contributed by atoms with Crippen LogP contribution in [0.3, 0.4) is 0 Å². The highest BCUT2D eigenvalue weighted by Gasteiger charge is 2.15. The number of fused-ring (bicyclic) bond motifs is 1. The fourth-order valence-corrected chi connectivity index (χ4v) is 2.82. The maximum atomic E-state index is 12.2. The van der Waals surface area contributed by atoms with E-state index in [4.69, 9.17) is 0 Å². The molecule has 1 N–H and O–H groups in total. The lowest BCUT2D eigenvalue weighted by atomic mass is 10.1. The van der Waals surface area contributed by atoms with Gasteiger partial charge in [0.25, 0.3) is 5.56 Å². The Morgan fingerprint density at radius 1 is 1.08 bits per heavy atom. The average molecular weight is 321 g/mol. The Morgan fingerprint density at radius 2 is 1.75 bits per heavy atom. The molecule has 0 aliphatic heterocycles. The van der Waals surface area contributed by atoms with E-state index in [1.165, 1.54) is 11.1 Å². The Hall–Kier alpha value is -2.46. The molecular formula is C20H23N3O. The van der Waals surface area contributed by atoms with Crippen molar-refractivity contribution in [2.75, 3.05) is 7.05 Å². The molecule has 0 aliphatic carbocycles.